The number of methoxy groups -OCH3 is 1. The number of benzene rings is 1. The lowest BCUT2D eigenvalue weighted by Crippen LogP contribution is -2.39. The third-order valence-corrected chi connectivity index (χ3v) is 5.18. The van der Waals surface area contributed by atoms with Gasteiger partial charge in [0.2, 0.25) is 5.91 Å². The Morgan fingerprint density at radius 2 is 2.12 bits per heavy atom. The van der Waals surface area contributed by atoms with Gasteiger partial charge >= 0.3 is 6.18 Å². The molecule has 2 N–H and O–H groups in total. The molecule has 1 saturated carbocycles. The smallest absolute Gasteiger partial charge is 0.383 e. The third-order valence-electron chi connectivity index (χ3n) is 5.18. The number of rotatable bonds is 7. The second-order valence-corrected chi connectivity index (χ2v) is 6.94. The van der Waals surface area contributed by atoms with Crippen molar-refractivity contribution in [2.24, 2.45) is 11.7 Å². The van der Waals surface area contributed by atoms with Gasteiger partial charge < -0.3 is 15.4 Å². The first-order chi connectivity index (χ1) is 12.2. The summed E-state index contributed by atoms with van der Waals surface area (Å²) < 4.78 is 44.1. The SMILES string of the molecule is COCCN(C(=O)C[C@@H]1CCC[C@H]1N)C(C)c1cccc(C(F)(F)F)c1. The molecule has 1 unspecified atom stereocenters. The standard InChI is InChI=1S/C19H27F3N2O2/c1-13(14-5-3-7-16(11-14)19(20,21)22)24(9-10-26-2)18(25)12-15-6-4-8-17(15)23/h3,5,7,11,13,15,17H,4,6,8-10,12,23H2,1-2H3/t13?,15-,17+/m0/s1. The fourth-order valence-electron chi connectivity index (χ4n) is 3.54. The minimum atomic E-state index is -4.41. The molecule has 0 aromatic heterocycles. The molecular weight excluding hydrogens is 345 g/mol. The summed E-state index contributed by atoms with van der Waals surface area (Å²) in [7, 11) is 1.53. The molecule has 146 valence electrons. The maximum absolute atomic E-state index is 13.0. The molecule has 4 nitrogen and oxygen atoms in total. The molecule has 0 spiro atoms. The molecule has 1 aromatic carbocycles. The number of hydrogen-bond acceptors (Lipinski definition) is 3. The summed E-state index contributed by atoms with van der Waals surface area (Å²) in [6.45, 7) is 2.40. The molecular formula is C19H27F3N2O2. The lowest BCUT2D eigenvalue weighted by Gasteiger charge is -2.31. The van der Waals surface area contributed by atoms with Crippen LogP contribution in [0.5, 0.6) is 0 Å². The van der Waals surface area contributed by atoms with Crippen molar-refractivity contribution in [1.82, 2.24) is 4.90 Å². The van der Waals surface area contributed by atoms with Crippen molar-refractivity contribution in [2.45, 2.75) is 50.9 Å². The van der Waals surface area contributed by atoms with E-state index in [9.17, 15) is 18.0 Å². The van der Waals surface area contributed by atoms with Crippen LogP contribution in [0.25, 0.3) is 0 Å². The fourth-order valence-corrected chi connectivity index (χ4v) is 3.54. The van der Waals surface area contributed by atoms with Crippen LogP contribution in [0.1, 0.15) is 49.8 Å². The van der Waals surface area contributed by atoms with E-state index in [1.165, 1.54) is 13.2 Å². The second kappa shape index (κ2) is 8.86. The number of carbonyl (C=O) groups excluding carboxylic acids is 1. The maximum atomic E-state index is 13.0. The first kappa shape index (κ1) is 20.7. The summed E-state index contributed by atoms with van der Waals surface area (Å²) in [4.78, 5) is 14.4. The minimum Gasteiger partial charge on any atom is -0.383 e. The van der Waals surface area contributed by atoms with Crippen molar-refractivity contribution < 1.29 is 22.7 Å². The van der Waals surface area contributed by atoms with E-state index in [0.29, 0.717) is 25.1 Å². The number of halogens is 3. The van der Waals surface area contributed by atoms with Gasteiger partial charge in [0.1, 0.15) is 0 Å². The summed E-state index contributed by atoms with van der Waals surface area (Å²) >= 11 is 0. The Labute approximate surface area is 152 Å². The van der Waals surface area contributed by atoms with Crippen molar-refractivity contribution in [2.75, 3.05) is 20.3 Å². The van der Waals surface area contributed by atoms with Gasteiger partial charge in [-0.3, -0.25) is 4.79 Å². The van der Waals surface area contributed by atoms with Crippen molar-refractivity contribution in [3.05, 3.63) is 35.4 Å². The molecule has 0 radical (unpaired) electrons. The summed E-state index contributed by atoms with van der Waals surface area (Å²) in [6, 6.07) is 4.69. The first-order valence-electron chi connectivity index (χ1n) is 8.95. The fraction of sp³-hybridized carbons (Fsp3) is 0.632. The average molecular weight is 372 g/mol. The molecule has 1 aliphatic carbocycles. The van der Waals surface area contributed by atoms with E-state index in [0.717, 1.165) is 31.4 Å². The van der Waals surface area contributed by atoms with Gasteiger partial charge in [0.15, 0.2) is 0 Å². The van der Waals surface area contributed by atoms with Gasteiger partial charge in [-0.1, -0.05) is 18.6 Å². The van der Waals surface area contributed by atoms with Crippen LogP contribution in [0.4, 0.5) is 13.2 Å². The van der Waals surface area contributed by atoms with Crippen molar-refractivity contribution in [1.29, 1.82) is 0 Å². The topological polar surface area (TPSA) is 55.6 Å². The van der Waals surface area contributed by atoms with Gasteiger partial charge in [-0.05, 0) is 43.4 Å². The van der Waals surface area contributed by atoms with E-state index in [1.54, 1.807) is 17.9 Å². The van der Waals surface area contributed by atoms with Crippen LogP contribution in [0.2, 0.25) is 0 Å². The van der Waals surface area contributed by atoms with Gasteiger partial charge in [0, 0.05) is 26.1 Å². The Bertz CT molecular complexity index is 607. The summed E-state index contributed by atoms with van der Waals surface area (Å²) in [5.74, 6) is 0.0515. The highest BCUT2D eigenvalue weighted by molar-refractivity contribution is 5.77. The lowest BCUT2D eigenvalue weighted by molar-refractivity contribution is -0.137. The Balaban J connectivity index is 2.18. The molecule has 2 rings (SSSR count). The predicted octanol–water partition coefficient (Wildman–Crippen LogP) is 3.76. The number of alkyl halides is 3. The predicted molar refractivity (Wildman–Crippen MR) is 93.4 cm³/mol. The summed E-state index contributed by atoms with van der Waals surface area (Å²) in [5.41, 5.74) is 5.81. The molecule has 1 fully saturated rings. The van der Waals surface area contributed by atoms with E-state index in [1.807, 2.05) is 0 Å². The molecule has 0 saturated heterocycles. The monoisotopic (exact) mass is 372 g/mol. The molecule has 1 aliphatic rings. The van der Waals surface area contributed by atoms with E-state index in [-0.39, 0.29) is 17.9 Å². The zero-order valence-electron chi connectivity index (χ0n) is 15.3. The van der Waals surface area contributed by atoms with Crippen molar-refractivity contribution >= 4 is 5.91 Å². The number of amides is 1. The van der Waals surface area contributed by atoms with Crippen LogP contribution < -0.4 is 5.73 Å². The molecule has 1 amide bonds. The van der Waals surface area contributed by atoms with E-state index >= 15 is 0 Å². The summed E-state index contributed by atoms with van der Waals surface area (Å²) in [5, 5.41) is 0. The Hall–Kier alpha value is -1.60. The molecule has 3 atom stereocenters. The summed E-state index contributed by atoms with van der Waals surface area (Å²) in [6.07, 6.45) is -1.23. The minimum absolute atomic E-state index is 0.0205. The molecule has 7 heteroatoms. The quantitative estimate of drug-likeness (QED) is 0.793. The highest BCUT2D eigenvalue weighted by Crippen LogP contribution is 2.33. The van der Waals surface area contributed by atoms with Crippen molar-refractivity contribution in [3.63, 3.8) is 0 Å². The maximum Gasteiger partial charge on any atom is 0.416 e. The zero-order valence-corrected chi connectivity index (χ0v) is 15.3. The lowest BCUT2D eigenvalue weighted by atomic mass is 9.98. The first-order valence-corrected chi connectivity index (χ1v) is 8.95. The zero-order chi connectivity index (χ0) is 19.3. The van der Waals surface area contributed by atoms with Gasteiger partial charge in [0.25, 0.3) is 0 Å². The van der Waals surface area contributed by atoms with E-state index in [4.69, 9.17) is 10.5 Å². The number of carbonyl (C=O) groups is 1. The molecule has 0 aliphatic heterocycles. The van der Waals surface area contributed by atoms with E-state index < -0.39 is 17.8 Å². The number of nitrogens with two attached hydrogens (primary N) is 1. The van der Waals surface area contributed by atoms with Gasteiger partial charge in [0.05, 0.1) is 18.2 Å². The molecule has 0 bridgehead atoms. The Morgan fingerprint density at radius 3 is 2.69 bits per heavy atom. The van der Waals surface area contributed by atoms with Gasteiger partial charge in [-0.25, -0.2) is 0 Å². The normalized spacial score (nSPS) is 21.6. The number of nitrogens with zero attached hydrogens (tertiary/aromatic N) is 1. The molecule has 1 aromatic rings. The largest absolute Gasteiger partial charge is 0.416 e. The van der Waals surface area contributed by atoms with Crippen LogP contribution in [-0.2, 0) is 15.7 Å². The van der Waals surface area contributed by atoms with Crippen LogP contribution >= 0.6 is 0 Å². The molecule has 0 heterocycles. The van der Waals surface area contributed by atoms with Crippen LogP contribution in [-0.4, -0.2) is 37.1 Å². The highest BCUT2D eigenvalue weighted by Gasteiger charge is 2.33. The average Bonchev–Trinajstić information content (AvgIpc) is 2.99. The number of ether oxygens (including phenoxy) is 1. The van der Waals surface area contributed by atoms with Crippen LogP contribution in [0, 0.1) is 5.92 Å². The van der Waals surface area contributed by atoms with Crippen LogP contribution in [0.3, 0.4) is 0 Å². The number of hydrogen-bond donors (Lipinski definition) is 1. The Kier molecular flexibility index (Phi) is 7.06. The highest BCUT2D eigenvalue weighted by atomic mass is 19.4. The van der Waals surface area contributed by atoms with Gasteiger partial charge in [-0.15, -0.1) is 0 Å². The molecule has 26 heavy (non-hydrogen) atoms. The second-order valence-electron chi connectivity index (χ2n) is 6.94. The van der Waals surface area contributed by atoms with Crippen molar-refractivity contribution in [3.8, 4) is 0 Å². The van der Waals surface area contributed by atoms with E-state index in [2.05, 4.69) is 0 Å². The Morgan fingerprint density at radius 1 is 1.38 bits per heavy atom. The van der Waals surface area contributed by atoms with Gasteiger partial charge in [-0.2, -0.15) is 13.2 Å². The van der Waals surface area contributed by atoms with Crippen LogP contribution in [0.15, 0.2) is 24.3 Å². The third kappa shape index (κ3) is 5.20.